The lowest BCUT2D eigenvalue weighted by Gasteiger charge is -2.15. The van der Waals surface area contributed by atoms with Crippen molar-refractivity contribution in [2.45, 2.75) is 40.0 Å². The molecular weight excluding hydrogens is 452 g/mol. The summed E-state index contributed by atoms with van der Waals surface area (Å²) in [6.45, 7) is 5.91. The molecule has 0 aliphatic heterocycles. The summed E-state index contributed by atoms with van der Waals surface area (Å²) in [7, 11) is 1.55. The Bertz CT molecular complexity index is 1280. The fourth-order valence-corrected chi connectivity index (χ4v) is 3.56. The highest BCUT2D eigenvalue weighted by molar-refractivity contribution is 5.91. The van der Waals surface area contributed by atoms with Crippen molar-refractivity contribution in [2.75, 3.05) is 20.3 Å². The molecule has 8 nitrogen and oxygen atoms in total. The Morgan fingerprint density at radius 3 is 2.46 bits per heavy atom. The van der Waals surface area contributed by atoms with Gasteiger partial charge in [-0.05, 0) is 57.9 Å². The highest BCUT2D eigenvalue weighted by Crippen LogP contribution is 2.39. The van der Waals surface area contributed by atoms with Gasteiger partial charge in [0.2, 0.25) is 11.2 Å². The zero-order valence-electron chi connectivity index (χ0n) is 20.3. The van der Waals surface area contributed by atoms with Crippen LogP contribution in [0.3, 0.4) is 0 Å². The Morgan fingerprint density at radius 1 is 1.11 bits per heavy atom. The predicted molar refractivity (Wildman–Crippen MR) is 132 cm³/mol. The molecule has 0 aliphatic rings. The van der Waals surface area contributed by atoms with Crippen LogP contribution in [0.25, 0.3) is 22.3 Å². The molecule has 2 aromatic carbocycles. The lowest BCUT2D eigenvalue weighted by molar-refractivity contribution is -0.143. The number of rotatable bonds is 10. The van der Waals surface area contributed by atoms with Gasteiger partial charge in [0.25, 0.3) is 0 Å². The minimum absolute atomic E-state index is 0.0572. The van der Waals surface area contributed by atoms with Crippen molar-refractivity contribution in [3.05, 3.63) is 57.8 Å². The van der Waals surface area contributed by atoms with Gasteiger partial charge in [0.05, 0.1) is 20.3 Å². The van der Waals surface area contributed by atoms with Gasteiger partial charge in [-0.15, -0.1) is 0 Å². The van der Waals surface area contributed by atoms with Gasteiger partial charge in [0.15, 0.2) is 5.76 Å². The number of methoxy groups -OCH3 is 1. The number of benzene rings is 2. The zero-order chi connectivity index (χ0) is 25.5. The molecule has 35 heavy (non-hydrogen) atoms. The van der Waals surface area contributed by atoms with Crippen LogP contribution in [0.4, 0.5) is 0 Å². The summed E-state index contributed by atoms with van der Waals surface area (Å²) in [4.78, 5) is 25.2. The molecule has 8 heteroatoms. The SMILES string of the molecule is CCOC(=O)CCCOc1c(-c2ccc(OC)cc2)oc2c(CC=C(C)C)c(O)cc(O)c2c1=O. The normalized spacial score (nSPS) is 10.7. The van der Waals surface area contributed by atoms with Gasteiger partial charge in [0, 0.05) is 23.6 Å². The number of phenolic OH excluding ortho intramolecular Hbond substituents is 2. The molecule has 1 heterocycles. The Hall–Kier alpha value is -3.94. The first-order chi connectivity index (χ1) is 16.8. The monoisotopic (exact) mass is 482 g/mol. The van der Waals surface area contributed by atoms with Gasteiger partial charge < -0.3 is 28.8 Å². The lowest BCUT2D eigenvalue weighted by atomic mass is 10.0. The van der Waals surface area contributed by atoms with Crippen LogP contribution in [0.2, 0.25) is 0 Å². The fraction of sp³-hybridized carbons (Fsp3) is 0.333. The van der Waals surface area contributed by atoms with E-state index in [-0.39, 0.29) is 53.8 Å². The third-order valence-corrected chi connectivity index (χ3v) is 5.33. The molecule has 0 radical (unpaired) electrons. The van der Waals surface area contributed by atoms with E-state index in [1.165, 1.54) is 0 Å². The molecule has 1 aromatic heterocycles. The van der Waals surface area contributed by atoms with Crippen molar-refractivity contribution >= 4 is 16.9 Å². The second kappa shape index (κ2) is 11.5. The number of esters is 1. The molecule has 0 bridgehead atoms. The molecule has 0 amide bonds. The number of hydrogen-bond donors (Lipinski definition) is 2. The number of ether oxygens (including phenoxy) is 3. The molecule has 0 fully saturated rings. The Kier molecular flexibility index (Phi) is 8.41. The summed E-state index contributed by atoms with van der Waals surface area (Å²) in [6, 6.07) is 7.99. The molecule has 3 aromatic rings. The van der Waals surface area contributed by atoms with E-state index in [2.05, 4.69) is 0 Å². The summed E-state index contributed by atoms with van der Waals surface area (Å²) in [5.74, 6) is -0.280. The van der Waals surface area contributed by atoms with E-state index < -0.39 is 11.2 Å². The van der Waals surface area contributed by atoms with Gasteiger partial charge in [0.1, 0.15) is 28.2 Å². The van der Waals surface area contributed by atoms with Gasteiger partial charge in [-0.2, -0.15) is 0 Å². The van der Waals surface area contributed by atoms with Crippen molar-refractivity contribution in [2.24, 2.45) is 0 Å². The van der Waals surface area contributed by atoms with E-state index in [1.807, 2.05) is 19.9 Å². The molecular formula is C27H30O8. The highest BCUT2D eigenvalue weighted by Gasteiger charge is 2.24. The van der Waals surface area contributed by atoms with Crippen molar-refractivity contribution in [3.63, 3.8) is 0 Å². The minimum atomic E-state index is -0.579. The Morgan fingerprint density at radius 2 is 1.83 bits per heavy atom. The average Bonchev–Trinajstić information content (AvgIpc) is 2.82. The number of hydrogen-bond acceptors (Lipinski definition) is 8. The van der Waals surface area contributed by atoms with Crippen molar-refractivity contribution in [3.8, 4) is 34.3 Å². The maximum atomic E-state index is 13.5. The van der Waals surface area contributed by atoms with E-state index in [1.54, 1.807) is 38.3 Å². The summed E-state index contributed by atoms with van der Waals surface area (Å²) in [6.07, 6.45) is 2.65. The maximum Gasteiger partial charge on any atom is 0.305 e. The third kappa shape index (κ3) is 5.95. The molecule has 0 unspecified atom stereocenters. The first kappa shape index (κ1) is 25.7. The molecule has 0 saturated carbocycles. The Balaban J connectivity index is 2.15. The van der Waals surface area contributed by atoms with E-state index >= 15 is 0 Å². The average molecular weight is 483 g/mol. The highest BCUT2D eigenvalue weighted by atomic mass is 16.5. The van der Waals surface area contributed by atoms with Crippen LogP contribution in [-0.2, 0) is 16.0 Å². The van der Waals surface area contributed by atoms with Crippen LogP contribution >= 0.6 is 0 Å². The lowest BCUT2D eigenvalue weighted by Crippen LogP contribution is -2.13. The first-order valence-corrected chi connectivity index (χ1v) is 11.4. The summed E-state index contributed by atoms with van der Waals surface area (Å²) < 4.78 is 22.1. The third-order valence-electron chi connectivity index (χ3n) is 5.33. The maximum absolute atomic E-state index is 13.5. The van der Waals surface area contributed by atoms with Crippen LogP contribution < -0.4 is 14.9 Å². The van der Waals surface area contributed by atoms with Gasteiger partial charge >= 0.3 is 5.97 Å². The number of carbonyl (C=O) groups is 1. The standard InChI is InChI=1S/C27H30O8/c1-5-33-22(30)7-6-14-34-27-24(31)23-21(29)15-20(28)19(13-8-16(2)3)26(23)35-25(27)17-9-11-18(32-4)12-10-17/h8-12,15,28-29H,5-7,13-14H2,1-4H3. The minimum Gasteiger partial charge on any atom is -0.507 e. The van der Waals surface area contributed by atoms with Gasteiger partial charge in [-0.1, -0.05) is 11.6 Å². The molecule has 0 atom stereocenters. The fourth-order valence-electron chi connectivity index (χ4n) is 3.56. The van der Waals surface area contributed by atoms with E-state index in [9.17, 15) is 19.8 Å². The van der Waals surface area contributed by atoms with E-state index in [4.69, 9.17) is 18.6 Å². The quantitative estimate of drug-likeness (QED) is 0.233. The van der Waals surface area contributed by atoms with Gasteiger partial charge in [-0.25, -0.2) is 0 Å². The number of fused-ring (bicyclic) bond motifs is 1. The molecule has 2 N–H and O–H groups in total. The van der Waals surface area contributed by atoms with E-state index in [0.717, 1.165) is 11.6 Å². The molecule has 0 saturated heterocycles. The number of phenols is 2. The summed E-state index contributed by atoms with van der Waals surface area (Å²) >= 11 is 0. The van der Waals surface area contributed by atoms with Crippen molar-refractivity contribution in [1.82, 2.24) is 0 Å². The second-order valence-electron chi connectivity index (χ2n) is 8.16. The smallest absolute Gasteiger partial charge is 0.305 e. The van der Waals surface area contributed by atoms with Crippen LogP contribution in [0.5, 0.6) is 23.0 Å². The molecule has 0 spiro atoms. The zero-order valence-corrected chi connectivity index (χ0v) is 20.3. The number of carbonyl (C=O) groups excluding carboxylic acids is 1. The van der Waals surface area contributed by atoms with E-state index in [0.29, 0.717) is 29.7 Å². The Labute approximate surface area is 203 Å². The predicted octanol–water partition coefficient (Wildman–Crippen LogP) is 5.11. The molecule has 3 rings (SSSR count). The topological polar surface area (TPSA) is 115 Å². The van der Waals surface area contributed by atoms with Crippen molar-refractivity contribution in [1.29, 1.82) is 0 Å². The van der Waals surface area contributed by atoms with Crippen molar-refractivity contribution < 1.29 is 33.6 Å². The van der Waals surface area contributed by atoms with Crippen LogP contribution in [0.15, 0.2) is 51.2 Å². The van der Waals surface area contributed by atoms with Gasteiger partial charge in [-0.3, -0.25) is 9.59 Å². The summed E-state index contributed by atoms with van der Waals surface area (Å²) in [5.41, 5.74) is 1.43. The second-order valence-corrected chi connectivity index (χ2v) is 8.16. The largest absolute Gasteiger partial charge is 0.507 e. The first-order valence-electron chi connectivity index (χ1n) is 11.4. The molecule has 0 aliphatic carbocycles. The molecule has 186 valence electrons. The number of allylic oxidation sites excluding steroid dienone is 2. The summed E-state index contributed by atoms with van der Waals surface area (Å²) in [5, 5.41) is 21.0. The van der Waals surface area contributed by atoms with Crippen LogP contribution in [0, 0.1) is 0 Å². The number of aromatic hydroxyl groups is 2. The van der Waals surface area contributed by atoms with Crippen LogP contribution in [-0.4, -0.2) is 36.5 Å². The van der Waals surface area contributed by atoms with Crippen LogP contribution in [0.1, 0.15) is 39.2 Å².